The van der Waals surface area contributed by atoms with E-state index in [0.29, 0.717) is 46.7 Å². The van der Waals surface area contributed by atoms with E-state index in [1.54, 1.807) is 6.07 Å². The van der Waals surface area contributed by atoms with E-state index in [1.165, 1.54) is 0 Å². The molecule has 1 aromatic carbocycles. The Bertz CT molecular complexity index is 422. The van der Waals surface area contributed by atoms with Crippen molar-refractivity contribution in [3.8, 4) is 11.5 Å². The maximum absolute atomic E-state index is 10.2. The molecule has 1 N–H and O–H groups in total. The maximum Gasteiger partial charge on any atom is 0.160 e. The zero-order valence-corrected chi connectivity index (χ0v) is 13.0. The first-order chi connectivity index (χ1) is 9.06. The molecular formula is C14H20Cl2O3. The molecular weight excluding hydrogens is 287 g/mol. The number of rotatable bonds is 7. The van der Waals surface area contributed by atoms with Crippen LogP contribution in [0.4, 0.5) is 0 Å². The molecule has 108 valence electrons. The minimum atomic E-state index is -0.641. The summed E-state index contributed by atoms with van der Waals surface area (Å²) < 4.78 is 11.0. The highest BCUT2D eigenvalue weighted by molar-refractivity contribution is 6.38. The lowest BCUT2D eigenvalue weighted by atomic mass is 10.0. The Kier molecular flexibility index (Phi) is 6.76. The van der Waals surface area contributed by atoms with Crippen LogP contribution < -0.4 is 9.47 Å². The Morgan fingerprint density at radius 2 is 1.68 bits per heavy atom. The van der Waals surface area contributed by atoms with Gasteiger partial charge in [0.05, 0.1) is 24.3 Å². The Hall–Kier alpha value is -0.640. The number of ether oxygens (including phenoxy) is 2. The highest BCUT2D eigenvalue weighted by atomic mass is 35.5. The summed E-state index contributed by atoms with van der Waals surface area (Å²) in [7, 11) is 0. The summed E-state index contributed by atoms with van der Waals surface area (Å²) in [6.45, 7) is 6.64. The van der Waals surface area contributed by atoms with Gasteiger partial charge in [0.1, 0.15) is 10.8 Å². The Morgan fingerprint density at radius 1 is 1.11 bits per heavy atom. The predicted molar refractivity (Wildman–Crippen MR) is 78.7 cm³/mol. The second-order valence-corrected chi connectivity index (χ2v) is 4.88. The van der Waals surface area contributed by atoms with Crippen molar-refractivity contribution in [1.82, 2.24) is 0 Å². The standard InChI is InChI=1S/C14H20Cl2O3/c1-4-7-11(17)9-8-10(15)14(19-6-3)12(16)13(9)18-5-2/h8,11,17H,4-7H2,1-3H3. The van der Waals surface area contributed by atoms with Crippen LogP contribution in [0.5, 0.6) is 11.5 Å². The molecule has 0 fully saturated rings. The lowest BCUT2D eigenvalue weighted by Crippen LogP contribution is -2.05. The van der Waals surface area contributed by atoms with E-state index in [9.17, 15) is 5.11 Å². The molecule has 0 aromatic heterocycles. The number of aliphatic hydroxyl groups excluding tert-OH is 1. The van der Waals surface area contributed by atoms with Gasteiger partial charge in [-0.1, -0.05) is 36.5 Å². The number of hydrogen-bond acceptors (Lipinski definition) is 3. The first-order valence-electron chi connectivity index (χ1n) is 6.52. The molecule has 0 heterocycles. The van der Waals surface area contributed by atoms with E-state index >= 15 is 0 Å². The van der Waals surface area contributed by atoms with Crippen LogP contribution in [0.15, 0.2) is 6.07 Å². The zero-order chi connectivity index (χ0) is 14.4. The minimum absolute atomic E-state index is 0.321. The molecule has 0 aliphatic carbocycles. The molecule has 0 saturated carbocycles. The molecule has 19 heavy (non-hydrogen) atoms. The van der Waals surface area contributed by atoms with Crippen molar-refractivity contribution in [2.45, 2.75) is 39.7 Å². The fourth-order valence-corrected chi connectivity index (χ4v) is 2.48. The van der Waals surface area contributed by atoms with Crippen LogP contribution in [0, 0.1) is 0 Å². The largest absolute Gasteiger partial charge is 0.492 e. The van der Waals surface area contributed by atoms with E-state index in [0.717, 1.165) is 6.42 Å². The summed E-state index contributed by atoms with van der Waals surface area (Å²) in [5.74, 6) is 0.861. The highest BCUT2D eigenvalue weighted by Crippen LogP contribution is 2.45. The van der Waals surface area contributed by atoms with Gasteiger partial charge in [0.2, 0.25) is 0 Å². The lowest BCUT2D eigenvalue weighted by molar-refractivity contribution is 0.160. The maximum atomic E-state index is 10.2. The second kappa shape index (κ2) is 7.83. The van der Waals surface area contributed by atoms with Crippen LogP contribution in [0.1, 0.15) is 45.3 Å². The number of aliphatic hydroxyl groups is 1. The molecule has 0 bridgehead atoms. The van der Waals surface area contributed by atoms with Gasteiger partial charge in [-0.2, -0.15) is 0 Å². The van der Waals surface area contributed by atoms with Crippen molar-refractivity contribution in [3.63, 3.8) is 0 Å². The minimum Gasteiger partial charge on any atom is -0.492 e. The first kappa shape index (κ1) is 16.4. The van der Waals surface area contributed by atoms with E-state index in [1.807, 2.05) is 20.8 Å². The van der Waals surface area contributed by atoms with Crippen molar-refractivity contribution in [3.05, 3.63) is 21.7 Å². The summed E-state index contributed by atoms with van der Waals surface area (Å²) in [5.41, 5.74) is 0.613. The first-order valence-corrected chi connectivity index (χ1v) is 7.27. The van der Waals surface area contributed by atoms with E-state index in [4.69, 9.17) is 32.7 Å². The Labute approximate surface area is 124 Å². The van der Waals surface area contributed by atoms with Crippen molar-refractivity contribution in [1.29, 1.82) is 0 Å². The molecule has 1 rings (SSSR count). The van der Waals surface area contributed by atoms with Gasteiger partial charge in [0.25, 0.3) is 0 Å². The van der Waals surface area contributed by atoms with Gasteiger partial charge in [-0.25, -0.2) is 0 Å². The molecule has 1 aromatic rings. The zero-order valence-electron chi connectivity index (χ0n) is 11.5. The van der Waals surface area contributed by atoms with Crippen LogP contribution in [-0.2, 0) is 0 Å². The summed E-state index contributed by atoms with van der Waals surface area (Å²) in [4.78, 5) is 0. The SMILES string of the molecule is CCCC(O)c1cc(Cl)c(OCC)c(Cl)c1OCC. The molecule has 1 atom stereocenters. The normalized spacial score (nSPS) is 12.3. The number of halogens is 2. The third kappa shape index (κ3) is 3.91. The third-order valence-electron chi connectivity index (χ3n) is 2.66. The summed E-state index contributed by atoms with van der Waals surface area (Å²) in [5, 5.41) is 10.9. The number of hydrogen-bond donors (Lipinski definition) is 1. The average Bonchev–Trinajstić information content (AvgIpc) is 2.38. The van der Waals surface area contributed by atoms with E-state index < -0.39 is 6.10 Å². The quantitative estimate of drug-likeness (QED) is 0.798. The van der Waals surface area contributed by atoms with Crippen LogP contribution in [0.2, 0.25) is 10.0 Å². The van der Waals surface area contributed by atoms with E-state index in [2.05, 4.69) is 0 Å². The smallest absolute Gasteiger partial charge is 0.160 e. The Morgan fingerprint density at radius 3 is 2.21 bits per heavy atom. The topological polar surface area (TPSA) is 38.7 Å². The van der Waals surface area contributed by atoms with Crippen LogP contribution in [0.3, 0.4) is 0 Å². The predicted octanol–water partition coefficient (Wildman–Crippen LogP) is 4.62. The van der Waals surface area contributed by atoms with Gasteiger partial charge in [0, 0.05) is 5.56 Å². The fraction of sp³-hybridized carbons (Fsp3) is 0.571. The van der Waals surface area contributed by atoms with Crippen molar-refractivity contribution >= 4 is 23.2 Å². The molecule has 0 saturated heterocycles. The molecule has 1 unspecified atom stereocenters. The molecule has 5 heteroatoms. The fourth-order valence-electron chi connectivity index (χ4n) is 1.85. The molecule has 0 aliphatic heterocycles. The molecule has 0 spiro atoms. The molecule has 3 nitrogen and oxygen atoms in total. The van der Waals surface area contributed by atoms with Gasteiger partial charge in [0.15, 0.2) is 5.75 Å². The monoisotopic (exact) mass is 306 g/mol. The van der Waals surface area contributed by atoms with Gasteiger partial charge in [-0.05, 0) is 26.3 Å². The van der Waals surface area contributed by atoms with Gasteiger partial charge in [-0.15, -0.1) is 0 Å². The van der Waals surface area contributed by atoms with Gasteiger partial charge >= 0.3 is 0 Å². The molecule has 0 radical (unpaired) electrons. The summed E-state index contributed by atoms with van der Waals surface area (Å²) in [6, 6.07) is 1.67. The van der Waals surface area contributed by atoms with Crippen molar-refractivity contribution in [2.75, 3.05) is 13.2 Å². The Balaban J connectivity index is 3.29. The van der Waals surface area contributed by atoms with Crippen molar-refractivity contribution in [2.24, 2.45) is 0 Å². The second-order valence-electron chi connectivity index (χ2n) is 4.09. The third-order valence-corrected chi connectivity index (χ3v) is 3.28. The van der Waals surface area contributed by atoms with Crippen LogP contribution in [0.25, 0.3) is 0 Å². The van der Waals surface area contributed by atoms with Crippen molar-refractivity contribution < 1.29 is 14.6 Å². The average molecular weight is 307 g/mol. The molecule has 0 amide bonds. The summed E-state index contributed by atoms with van der Waals surface area (Å²) in [6.07, 6.45) is 0.841. The highest BCUT2D eigenvalue weighted by Gasteiger charge is 2.22. The lowest BCUT2D eigenvalue weighted by Gasteiger charge is -2.19. The van der Waals surface area contributed by atoms with Crippen LogP contribution >= 0.6 is 23.2 Å². The van der Waals surface area contributed by atoms with Gasteiger partial charge < -0.3 is 14.6 Å². The molecule has 0 aliphatic rings. The van der Waals surface area contributed by atoms with E-state index in [-0.39, 0.29) is 0 Å². The van der Waals surface area contributed by atoms with Gasteiger partial charge in [-0.3, -0.25) is 0 Å². The number of benzene rings is 1. The van der Waals surface area contributed by atoms with Crippen LogP contribution in [-0.4, -0.2) is 18.3 Å². The summed E-state index contributed by atoms with van der Waals surface area (Å²) >= 11 is 12.4.